The number of rotatable bonds is 68. The van der Waals surface area contributed by atoms with Gasteiger partial charge >= 0.3 is 41.8 Å². The van der Waals surface area contributed by atoms with Gasteiger partial charge in [0.2, 0.25) is 88.6 Å². The first-order valence-electron chi connectivity index (χ1n) is 41.2. The number of carbonyl (C=O) groups excluding carboxylic acids is 15. The molecule has 0 spiro atoms. The van der Waals surface area contributed by atoms with E-state index in [9.17, 15) is 141 Å². The van der Waals surface area contributed by atoms with Crippen LogP contribution in [0.25, 0.3) is 0 Å². The molecule has 0 radical (unpaired) electrons. The Labute approximate surface area is 721 Å². The van der Waals surface area contributed by atoms with Crippen LogP contribution in [0.15, 0.2) is 0 Å². The van der Waals surface area contributed by atoms with Gasteiger partial charge in [-0.3, -0.25) is 101 Å². The SMILES string of the molecule is CC(C)C[C@H](NC(=O)[C@H](CC(=O)O)NC(=O)[C@@H](N)CCCCN)C(=O)N[C@@H](CCCCN)C(=O)N[C@@H](CCC(=O)O)C(=O)N[C@@H](CCCCN)C(=O)N[C@@H](CCCCN)C(=O)N[C@@H](CCC(=O)O)C(=O)N[C@H](C(=O)N[C@H](C(=O)N[C@@H](CCC(=O)O)C(=O)N[C@@H](CCC(=O)O)C(=O)N[C@@H](C)C(=O)N[C@@H](CCC(=O)O)C(=O)N[C@@H](CC(N)=O)C(=O)O)C(C)C)C(C)C. The van der Waals surface area contributed by atoms with E-state index >= 15 is 0 Å². The smallest absolute Gasteiger partial charge is 0.326 e. The van der Waals surface area contributed by atoms with Gasteiger partial charge < -0.3 is 145 Å². The van der Waals surface area contributed by atoms with E-state index in [0.29, 0.717) is 25.8 Å². The number of unbranched alkanes of at least 4 members (excludes halogenated alkanes) is 4. The molecule has 0 saturated carbocycles. The molecule has 0 rings (SSSR count). The number of carboxylic acids is 7. The first-order valence-corrected chi connectivity index (χ1v) is 41.2. The monoisotopic (exact) mass is 1790 g/mol. The van der Waals surface area contributed by atoms with Crippen molar-refractivity contribution < 1.29 is 141 Å². The third-order valence-corrected chi connectivity index (χ3v) is 19.1. The lowest BCUT2D eigenvalue weighted by atomic mass is 9.98. The van der Waals surface area contributed by atoms with Gasteiger partial charge in [0.1, 0.15) is 84.6 Å². The van der Waals surface area contributed by atoms with Crippen LogP contribution in [0, 0.1) is 17.8 Å². The Morgan fingerprint density at radius 3 is 0.776 bits per heavy atom. The second kappa shape index (κ2) is 60.6. The van der Waals surface area contributed by atoms with Gasteiger partial charge in [0.05, 0.1) is 18.9 Å². The summed E-state index contributed by atoms with van der Waals surface area (Å²) in [5, 5.41) is 100. The Kier molecular flexibility index (Phi) is 54.9. The molecule has 0 aliphatic rings. The van der Waals surface area contributed by atoms with Gasteiger partial charge in [-0.05, 0) is 160 Å². The molecule has 0 heterocycles. The van der Waals surface area contributed by atoms with Crippen molar-refractivity contribution in [2.75, 3.05) is 26.2 Å². The molecular formula is C76H130N20O29. The summed E-state index contributed by atoms with van der Waals surface area (Å²) in [5.41, 5.74) is 34.0. The molecular weight excluding hydrogens is 1660 g/mol. The second-order valence-electron chi connectivity index (χ2n) is 31.0. The number of hydrogen-bond donors (Lipinski definition) is 27. The molecule has 0 saturated heterocycles. The number of carboxylic acid groups (broad SMARTS) is 7. The normalized spacial score (nSPS) is 14.7. The molecule has 33 N–H and O–H groups in total. The van der Waals surface area contributed by atoms with Crippen LogP contribution in [0.1, 0.15) is 209 Å². The van der Waals surface area contributed by atoms with E-state index in [-0.39, 0.29) is 89.8 Å². The zero-order valence-electron chi connectivity index (χ0n) is 71.5. The summed E-state index contributed by atoms with van der Waals surface area (Å²) in [4.78, 5) is 292. The van der Waals surface area contributed by atoms with Crippen molar-refractivity contribution in [2.24, 2.45) is 52.2 Å². The first kappa shape index (κ1) is 113. The third-order valence-electron chi connectivity index (χ3n) is 19.1. The zero-order valence-corrected chi connectivity index (χ0v) is 71.5. The molecule has 0 aliphatic heterocycles. The highest BCUT2D eigenvalue weighted by atomic mass is 16.4. The van der Waals surface area contributed by atoms with Crippen LogP contribution >= 0.6 is 0 Å². The minimum atomic E-state index is -1.93. The van der Waals surface area contributed by atoms with Crippen LogP contribution < -0.4 is 109 Å². The van der Waals surface area contributed by atoms with E-state index < -0.39 is 310 Å². The summed E-state index contributed by atoms with van der Waals surface area (Å²) in [6.07, 6.45) is -7.88. The average Bonchev–Trinajstić information content (AvgIpc) is 0.848. The van der Waals surface area contributed by atoms with Crippen molar-refractivity contribution in [3.8, 4) is 0 Å². The van der Waals surface area contributed by atoms with Gasteiger partial charge in [-0.15, -0.1) is 0 Å². The largest absolute Gasteiger partial charge is 0.481 e. The fourth-order valence-corrected chi connectivity index (χ4v) is 12.1. The standard InChI is InChI=1S/C76H130N20O29/c1-37(2)34-50(93-73(121)51(36-59(108)109)92-63(111)41(81)16-8-12-30-77)72(120)87-44(19-11-15-33-80)67(115)89-47(22-27-56(102)103)68(116)86-42(17-9-13-31-78)65(113)85-43(18-10-14-32-79)66(114)90-49(24-29-58(106)107)71(119)95-61(39(5)6)75(123)96-60(38(3)4)74(122)91-48(23-28-57(104)105)69(117)88-45(20-25-54(98)99)64(112)83-40(7)62(110)84-46(21-26-55(100)101)70(118)94-52(76(124)125)35-53(82)97/h37-52,60-61H,8-36,77-81H2,1-7H3,(H2,82,97)(H,83,112)(H,84,110)(H,85,113)(H,86,116)(H,87,120)(H,88,117)(H,89,115)(H,90,114)(H,91,122)(H,92,111)(H,93,121)(H,94,118)(H,95,119)(H,96,123)(H,98,99)(H,100,101)(H,102,103)(H,104,105)(H,106,107)(H,108,109)(H,124,125)/t40-,41-,42-,43-,44-,45-,46-,47-,48-,49-,50-,51-,52-,60-,61-/m0/s1. The average molecular weight is 1790 g/mol. The minimum Gasteiger partial charge on any atom is -0.481 e. The lowest BCUT2D eigenvalue weighted by Gasteiger charge is -2.30. The highest BCUT2D eigenvalue weighted by Crippen LogP contribution is 2.16. The third kappa shape index (κ3) is 47.6. The van der Waals surface area contributed by atoms with Crippen molar-refractivity contribution >= 4 is 130 Å². The zero-order chi connectivity index (χ0) is 95.5. The predicted molar refractivity (Wildman–Crippen MR) is 439 cm³/mol. The number of amides is 15. The molecule has 0 aliphatic carbocycles. The van der Waals surface area contributed by atoms with Crippen LogP contribution in [0.3, 0.4) is 0 Å². The summed E-state index contributed by atoms with van der Waals surface area (Å²) in [6.45, 7) is 10.6. The molecule has 708 valence electrons. The molecule has 0 aromatic heterocycles. The maximum absolute atomic E-state index is 14.6. The van der Waals surface area contributed by atoms with E-state index in [0.717, 1.165) is 6.92 Å². The maximum Gasteiger partial charge on any atom is 0.326 e. The topological polar surface area (TPSA) is 842 Å². The van der Waals surface area contributed by atoms with Crippen molar-refractivity contribution in [1.29, 1.82) is 0 Å². The summed E-state index contributed by atoms with van der Waals surface area (Å²) in [5.74, 6) is -30.0. The quantitative estimate of drug-likeness (QED) is 0.0252. The predicted octanol–water partition coefficient (Wildman–Crippen LogP) is -7.25. The number of carbonyl (C=O) groups is 22. The Hall–Kier alpha value is -11.9. The first-order chi connectivity index (χ1) is 58.5. The fraction of sp³-hybridized carbons (Fsp3) is 0.711. The van der Waals surface area contributed by atoms with Crippen LogP contribution in [0.5, 0.6) is 0 Å². The van der Waals surface area contributed by atoms with E-state index in [1.54, 1.807) is 13.8 Å². The van der Waals surface area contributed by atoms with E-state index in [1.807, 2.05) is 5.32 Å². The Bertz CT molecular complexity index is 3660. The van der Waals surface area contributed by atoms with Gasteiger partial charge in [0.25, 0.3) is 0 Å². The molecule has 15 amide bonds. The van der Waals surface area contributed by atoms with Crippen molar-refractivity contribution in [1.82, 2.24) is 74.4 Å². The molecule has 0 bridgehead atoms. The van der Waals surface area contributed by atoms with Gasteiger partial charge in [0, 0.05) is 32.1 Å². The Morgan fingerprint density at radius 1 is 0.248 bits per heavy atom. The molecule has 49 heteroatoms. The lowest BCUT2D eigenvalue weighted by molar-refractivity contribution is -0.144. The van der Waals surface area contributed by atoms with Crippen LogP contribution in [-0.4, -0.2) is 283 Å². The maximum atomic E-state index is 14.6. The number of nitrogens with one attached hydrogen (secondary N) is 14. The van der Waals surface area contributed by atoms with Crippen molar-refractivity contribution in [3.63, 3.8) is 0 Å². The summed E-state index contributed by atoms with van der Waals surface area (Å²) >= 11 is 0. The van der Waals surface area contributed by atoms with E-state index in [2.05, 4.69) is 69.1 Å². The molecule has 0 unspecified atom stereocenters. The Morgan fingerprint density at radius 2 is 0.488 bits per heavy atom. The van der Waals surface area contributed by atoms with Crippen LogP contribution in [0.4, 0.5) is 0 Å². The molecule has 0 aromatic carbocycles. The van der Waals surface area contributed by atoms with Crippen LogP contribution in [-0.2, 0) is 105 Å². The van der Waals surface area contributed by atoms with E-state index in [1.165, 1.54) is 27.7 Å². The van der Waals surface area contributed by atoms with E-state index in [4.69, 9.17) is 34.4 Å². The number of nitrogens with two attached hydrogens (primary N) is 6. The van der Waals surface area contributed by atoms with Gasteiger partial charge in [0.15, 0.2) is 0 Å². The summed E-state index contributed by atoms with van der Waals surface area (Å²) < 4.78 is 0. The molecule has 15 atom stereocenters. The highest BCUT2D eigenvalue weighted by Gasteiger charge is 2.40. The highest BCUT2D eigenvalue weighted by molar-refractivity contribution is 6.01. The Balaban J connectivity index is 7.36. The summed E-state index contributed by atoms with van der Waals surface area (Å²) in [7, 11) is 0. The van der Waals surface area contributed by atoms with Gasteiger partial charge in [-0.2, -0.15) is 0 Å². The molecule has 0 aromatic rings. The van der Waals surface area contributed by atoms with Gasteiger partial charge in [-0.1, -0.05) is 48.0 Å². The number of primary amides is 1. The lowest BCUT2D eigenvalue weighted by Crippen LogP contribution is -2.62. The minimum absolute atomic E-state index is 0.0597. The van der Waals surface area contributed by atoms with Crippen molar-refractivity contribution in [2.45, 2.75) is 300 Å². The molecule has 49 nitrogen and oxygen atoms in total. The fourth-order valence-electron chi connectivity index (χ4n) is 12.1. The van der Waals surface area contributed by atoms with Crippen LogP contribution in [0.2, 0.25) is 0 Å². The number of aliphatic carboxylic acids is 7. The summed E-state index contributed by atoms with van der Waals surface area (Å²) in [6, 6.07) is -25.5. The van der Waals surface area contributed by atoms with Crippen molar-refractivity contribution in [3.05, 3.63) is 0 Å². The molecule has 125 heavy (non-hydrogen) atoms. The number of hydrogen-bond acceptors (Lipinski definition) is 27. The van der Waals surface area contributed by atoms with Gasteiger partial charge in [-0.25, -0.2) is 4.79 Å². The second-order valence-corrected chi connectivity index (χ2v) is 31.0. The molecule has 0 fully saturated rings.